The minimum Gasteiger partial charge on any atom is -0.394 e. The summed E-state index contributed by atoms with van der Waals surface area (Å²) in [5.41, 5.74) is 5.51. The molecule has 1 heterocycles. The summed E-state index contributed by atoms with van der Waals surface area (Å²) in [6, 6.07) is 0.666. The zero-order valence-electron chi connectivity index (χ0n) is 11.7. The fourth-order valence-electron chi connectivity index (χ4n) is 2.29. The number of aliphatic hydroxyl groups excluding tert-OH is 1. The van der Waals surface area contributed by atoms with Gasteiger partial charge in [-0.15, -0.1) is 0 Å². The maximum absolute atomic E-state index is 9.08. The highest BCUT2D eigenvalue weighted by Gasteiger charge is 2.20. The largest absolute Gasteiger partial charge is 0.394 e. The van der Waals surface area contributed by atoms with E-state index in [4.69, 9.17) is 10.8 Å². The van der Waals surface area contributed by atoms with E-state index in [2.05, 4.69) is 23.6 Å². The van der Waals surface area contributed by atoms with Gasteiger partial charge in [0.05, 0.1) is 6.61 Å². The molecule has 1 fully saturated rings. The van der Waals surface area contributed by atoms with Crippen LogP contribution in [0.4, 0.5) is 0 Å². The molecule has 0 aromatic rings. The van der Waals surface area contributed by atoms with Crippen molar-refractivity contribution in [1.29, 1.82) is 0 Å². The van der Waals surface area contributed by atoms with Crippen LogP contribution in [0.5, 0.6) is 0 Å². The van der Waals surface area contributed by atoms with E-state index >= 15 is 0 Å². The Hall–Kier alpha value is -0.160. The van der Waals surface area contributed by atoms with Crippen molar-refractivity contribution in [1.82, 2.24) is 9.80 Å². The van der Waals surface area contributed by atoms with E-state index in [1.165, 1.54) is 26.2 Å². The molecule has 102 valence electrons. The molecule has 0 aliphatic carbocycles. The van der Waals surface area contributed by atoms with Crippen molar-refractivity contribution in [3.63, 3.8) is 0 Å². The van der Waals surface area contributed by atoms with Crippen molar-refractivity contribution >= 4 is 0 Å². The van der Waals surface area contributed by atoms with Crippen molar-refractivity contribution in [2.45, 2.75) is 45.2 Å². The number of nitrogens with two attached hydrogens (primary N) is 1. The molecule has 0 aromatic heterocycles. The lowest BCUT2D eigenvalue weighted by atomic mass is 9.98. The molecule has 1 unspecified atom stereocenters. The van der Waals surface area contributed by atoms with Crippen LogP contribution in [-0.4, -0.2) is 65.8 Å². The molecular weight excluding hydrogens is 214 g/mol. The van der Waals surface area contributed by atoms with Gasteiger partial charge in [0.2, 0.25) is 0 Å². The highest BCUT2D eigenvalue weighted by molar-refractivity contribution is 4.79. The Labute approximate surface area is 106 Å². The molecule has 0 radical (unpaired) electrons. The van der Waals surface area contributed by atoms with Crippen LogP contribution in [0.2, 0.25) is 0 Å². The van der Waals surface area contributed by atoms with Crippen LogP contribution < -0.4 is 5.73 Å². The van der Waals surface area contributed by atoms with Crippen molar-refractivity contribution in [2.75, 3.05) is 39.3 Å². The molecule has 4 heteroatoms. The number of rotatable bonds is 6. The van der Waals surface area contributed by atoms with Gasteiger partial charge in [-0.1, -0.05) is 0 Å². The second-order valence-corrected chi connectivity index (χ2v) is 5.89. The molecule has 1 saturated heterocycles. The summed E-state index contributed by atoms with van der Waals surface area (Å²) in [6.07, 6.45) is 1.98. The van der Waals surface area contributed by atoms with E-state index in [9.17, 15) is 0 Å². The van der Waals surface area contributed by atoms with E-state index < -0.39 is 5.54 Å². The Kier molecular flexibility index (Phi) is 5.86. The van der Waals surface area contributed by atoms with Crippen LogP contribution in [0.25, 0.3) is 0 Å². The quantitative estimate of drug-likeness (QED) is 0.713. The van der Waals surface area contributed by atoms with Crippen LogP contribution in [0, 0.1) is 0 Å². The third-order valence-electron chi connectivity index (χ3n) is 3.72. The summed E-state index contributed by atoms with van der Waals surface area (Å²) in [5.74, 6) is 0. The van der Waals surface area contributed by atoms with Gasteiger partial charge in [0.1, 0.15) is 0 Å². The van der Waals surface area contributed by atoms with Gasteiger partial charge in [-0.2, -0.15) is 0 Å². The minimum absolute atomic E-state index is 0.0775. The van der Waals surface area contributed by atoms with E-state index in [1.54, 1.807) is 0 Å². The summed E-state index contributed by atoms with van der Waals surface area (Å²) in [4.78, 5) is 5.03. The summed E-state index contributed by atoms with van der Waals surface area (Å²) in [6.45, 7) is 12.3. The van der Waals surface area contributed by atoms with Crippen LogP contribution in [-0.2, 0) is 0 Å². The minimum atomic E-state index is -0.403. The van der Waals surface area contributed by atoms with E-state index in [0.717, 1.165) is 19.4 Å². The molecule has 1 aliphatic heterocycles. The van der Waals surface area contributed by atoms with Gasteiger partial charge < -0.3 is 15.7 Å². The SMILES string of the molecule is CC(C)N1CCN(CCCC(C)(N)CO)CC1. The van der Waals surface area contributed by atoms with Crippen molar-refractivity contribution in [3.05, 3.63) is 0 Å². The highest BCUT2D eigenvalue weighted by atomic mass is 16.3. The third kappa shape index (κ3) is 5.34. The van der Waals surface area contributed by atoms with Crippen LogP contribution in [0.15, 0.2) is 0 Å². The molecular formula is C13H29N3O. The van der Waals surface area contributed by atoms with E-state index in [1.807, 2.05) is 6.92 Å². The number of hydrogen-bond acceptors (Lipinski definition) is 4. The Morgan fingerprint density at radius 3 is 2.29 bits per heavy atom. The first-order valence-electron chi connectivity index (χ1n) is 6.81. The number of nitrogens with zero attached hydrogens (tertiary/aromatic N) is 2. The van der Waals surface area contributed by atoms with Gasteiger partial charge in [0, 0.05) is 37.8 Å². The smallest absolute Gasteiger partial charge is 0.0608 e. The molecule has 17 heavy (non-hydrogen) atoms. The van der Waals surface area contributed by atoms with Crippen molar-refractivity contribution in [3.8, 4) is 0 Å². The highest BCUT2D eigenvalue weighted by Crippen LogP contribution is 2.11. The number of hydrogen-bond donors (Lipinski definition) is 2. The molecule has 0 spiro atoms. The van der Waals surface area contributed by atoms with Crippen LogP contribution >= 0.6 is 0 Å². The van der Waals surface area contributed by atoms with E-state index in [0.29, 0.717) is 6.04 Å². The summed E-state index contributed by atoms with van der Waals surface area (Å²) >= 11 is 0. The molecule has 3 N–H and O–H groups in total. The van der Waals surface area contributed by atoms with Gasteiger partial charge in [-0.05, 0) is 40.2 Å². The molecule has 0 bridgehead atoms. The Balaban J connectivity index is 2.14. The molecule has 1 aliphatic rings. The van der Waals surface area contributed by atoms with Crippen molar-refractivity contribution in [2.24, 2.45) is 5.73 Å². The first-order valence-corrected chi connectivity index (χ1v) is 6.81. The fraction of sp³-hybridized carbons (Fsp3) is 1.00. The third-order valence-corrected chi connectivity index (χ3v) is 3.72. The lowest BCUT2D eigenvalue weighted by Crippen LogP contribution is -2.49. The van der Waals surface area contributed by atoms with Crippen molar-refractivity contribution < 1.29 is 5.11 Å². The van der Waals surface area contributed by atoms with Gasteiger partial charge in [0.25, 0.3) is 0 Å². The van der Waals surface area contributed by atoms with E-state index in [-0.39, 0.29) is 6.61 Å². The molecule has 0 amide bonds. The van der Waals surface area contributed by atoms with Gasteiger partial charge in [-0.3, -0.25) is 4.90 Å². The van der Waals surface area contributed by atoms with Crippen LogP contribution in [0.3, 0.4) is 0 Å². The zero-order chi connectivity index (χ0) is 12.9. The Morgan fingerprint density at radius 1 is 1.24 bits per heavy atom. The molecule has 1 atom stereocenters. The lowest BCUT2D eigenvalue weighted by Gasteiger charge is -2.37. The Bertz CT molecular complexity index is 211. The van der Waals surface area contributed by atoms with Gasteiger partial charge in [0.15, 0.2) is 0 Å². The second-order valence-electron chi connectivity index (χ2n) is 5.89. The molecule has 1 rings (SSSR count). The standard InChI is InChI=1S/C13H29N3O/c1-12(2)16-9-7-15(8-10-16)6-4-5-13(3,14)11-17/h12,17H,4-11,14H2,1-3H3. The average molecular weight is 243 g/mol. The second kappa shape index (κ2) is 6.69. The molecule has 4 nitrogen and oxygen atoms in total. The average Bonchev–Trinajstić information content (AvgIpc) is 2.29. The maximum Gasteiger partial charge on any atom is 0.0608 e. The Morgan fingerprint density at radius 2 is 1.82 bits per heavy atom. The van der Waals surface area contributed by atoms with Gasteiger partial charge in [-0.25, -0.2) is 0 Å². The molecule has 0 aromatic carbocycles. The lowest BCUT2D eigenvalue weighted by molar-refractivity contribution is 0.104. The fourth-order valence-corrected chi connectivity index (χ4v) is 2.29. The normalized spacial score (nSPS) is 22.9. The van der Waals surface area contributed by atoms with Crippen LogP contribution in [0.1, 0.15) is 33.6 Å². The molecule has 0 saturated carbocycles. The van der Waals surface area contributed by atoms with Gasteiger partial charge >= 0.3 is 0 Å². The predicted molar refractivity (Wildman–Crippen MR) is 72.1 cm³/mol. The predicted octanol–water partition coefficient (Wildman–Crippen LogP) is 0.502. The first kappa shape index (κ1) is 14.9. The zero-order valence-corrected chi connectivity index (χ0v) is 11.7. The summed E-state index contributed by atoms with van der Waals surface area (Å²) < 4.78 is 0. The topological polar surface area (TPSA) is 52.7 Å². The summed E-state index contributed by atoms with van der Waals surface area (Å²) in [7, 11) is 0. The number of aliphatic hydroxyl groups is 1. The maximum atomic E-state index is 9.08. The summed E-state index contributed by atoms with van der Waals surface area (Å²) in [5, 5.41) is 9.08. The monoisotopic (exact) mass is 243 g/mol. The number of piperazine rings is 1. The first-order chi connectivity index (χ1) is 7.94.